The molecule has 5 rings (SSSR count). The van der Waals surface area contributed by atoms with Gasteiger partial charge in [-0.25, -0.2) is 28.1 Å². The second kappa shape index (κ2) is 9.06. The molecule has 0 aliphatic carbocycles. The van der Waals surface area contributed by atoms with Crippen molar-refractivity contribution in [1.29, 1.82) is 0 Å². The summed E-state index contributed by atoms with van der Waals surface area (Å²) in [5, 5.41) is 1.31. The molecule has 0 amide bonds. The van der Waals surface area contributed by atoms with Crippen molar-refractivity contribution >= 4 is 60.6 Å². The van der Waals surface area contributed by atoms with Crippen molar-refractivity contribution in [1.82, 2.24) is 15.0 Å². The molecular formula is C24H16ClN5O3S2. The van der Waals surface area contributed by atoms with Gasteiger partial charge in [0.25, 0.3) is 10.0 Å². The third kappa shape index (κ3) is 4.59. The Morgan fingerprint density at radius 3 is 2.31 bits per heavy atom. The van der Waals surface area contributed by atoms with Crippen LogP contribution in [0.5, 0.6) is 0 Å². The van der Waals surface area contributed by atoms with Crippen LogP contribution in [0.4, 0.5) is 11.6 Å². The number of carbonyl (C=O) groups excluding carboxylic acids is 1. The Morgan fingerprint density at radius 1 is 0.943 bits per heavy atom. The van der Waals surface area contributed by atoms with Crippen molar-refractivity contribution in [3.8, 4) is 11.3 Å². The van der Waals surface area contributed by atoms with Gasteiger partial charge in [-0.05, 0) is 54.6 Å². The fourth-order valence-corrected chi connectivity index (χ4v) is 5.53. The highest BCUT2D eigenvalue weighted by atomic mass is 35.5. The van der Waals surface area contributed by atoms with Crippen LogP contribution in [0.2, 0.25) is 5.02 Å². The molecule has 2 aromatic carbocycles. The van der Waals surface area contributed by atoms with Crippen molar-refractivity contribution in [2.75, 3.05) is 10.5 Å². The number of thiophene rings is 1. The van der Waals surface area contributed by atoms with E-state index in [9.17, 15) is 13.2 Å². The molecule has 11 heteroatoms. The van der Waals surface area contributed by atoms with Crippen LogP contribution in [-0.4, -0.2) is 29.2 Å². The molecule has 0 unspecified atom stereocenters. The number of anilines is 2. The Kier molecular flexibility index (Phi) is 5.93. The molecule has 3 aromatic heterocycles. The first-order valence-electron chi connectivity index (χ1n) is 10.2. The molecule has 5 aromatic rings. The van der Waals surface area contributed by atoms with Crippen LogP contribution < -0.4 is 10.5 Å². The minimum atomic E-state index is -3.91. The Bertz CT molecular complexity index is 1650. The van der Waals surface area contributed by atoms with E-state index in [1.54, 1.807) is 18.2 Å². The third-order valence-corrected chi connectivity index (χ3v) is 7.87. The largest absolute Gasteiger partial charge is 0.397 e. The van der Waals surface area contributed by atoms with E-state index in [1.165, 1.54) is 48.0 Å². The molecule has 0 saturated carbocycles. The first kappa shape index (κ1) is 22.9. The fraction of sp³-hybridized carbons (Fsp3) is 0. The number of carbonyl (C=O) groups is 1. The van der Waals surface area contributed by atoms with Crippen LogP contribution in [0.1, 0.15) is 15.2 Å². The van der Waals surface area contributed by atoms with Crippen LogP contribution >= 0.6 is 22.9 Å². The van der Waals surface area contributed by atoms with Crippen LogP contribution in [0, 0.1) is 0 Å². The van der Waals surface area contributed by atoms with E-state index in [1.807, 2.05) is 24.3 Å². The lowest BCUT2D eigenvalue weighted by Crippen LogP contribution is -2.15. The van der Waals surface area contributed by atoms with E-state index in [2.05, 4.69) is 19.7 Å². The number of fused-ring (bicyclic) bond motifs is 1. The molecule has 0 atom stereocenters. The molecule has 174 valence electrons. The van der Waals surface area contributed by atoms with E-state index in [-0.39, 0.29) is 16.6 Å². The Labute approximate surface area is 209 Å². The molecular weight excluding hydrogens is 506 g/mol. The minimum Gasteiger partial charge on any atom is -0.397 e. The van der Waals surface area contributed by atoms with Crippen LogP contribution in [-0.2, 0) is 10.0 Å². The van der Waals surface area contributed by atoms with Gasteiger partial charge in [0.2, 0.25) is 11.7 Å². The highest BCUT2D eigenvalue weighted by Gasteiger charge is 2.21. The monoisotopic (exact) mass is 521 g/mol. The molecule has 0 bridgehead atoms. The maximum atomic E-state index is 13.2. The predicted octanol–water partition coefficient (Wildman–Crippen LogP) is 5.02. The highest BCUT2D eigenvalue weighted by Crippen LogP contribution is 2.35. The molecule has 0 aliphatic heterocycles. The average molecular weight is 522 g/mol. The molecule has 8 nitrogen and oxygen atoms in total. The predicted molar refractivity (Wildman–Crippen MR) is 137 cm³/mol. The number of nitrogens with one attached hydrogen (secondary N) is 1. The number of nitrogen functional groups attached to an aromatic ring is 1. The summed E-state index contributed by atoms with van der Waals surface area (Å²) < 4.78 is 27.5. The number of aromatic nitrogens is 3. The van der Waals surface area contributed by atoms with Gasteiger partial charge in [-0.15, -0.1) is 11.3 Å². The number of hydrogen-bond acceptors (Lipinski definition) is 8. The topological polar surface area (TPSA) is 128 Å². The summed E-state index contributed by atoms with van der Waals surface area (Å²) in [6.07, 6.45) is 2.85. The van der Waals surface area contributed by atoms with Gasteiger partial charge in [0.1, 0.15) is 9.71 Å². The number of nitrogens with two attached hydrogens (primary N) is 1. The number of benzene rings is 2. The van der Waals surface area contributed by atoms with Gasteiger partial charge in [0.05, 0.1) is 16.3 Å². The van der Waals surface area contributed by atoms with Crippen LogP contribution in [0.15, 0.2) is 84.0 Å². The van der Waals surface area contributed by atoms with Gasteiger partial charge < -0.3 is 5.73 Å². The SMILES string of the molecule is Nc1c(C(=O)c2ccc(S(=O)(=O)Nc3ncccn3)cc2)sc2nc(-c3ccc(Cl)cc3)ccc12. The van der Waals surface area contributed by atoms with Crippen molar-refractivity contribution < 1.29 is 13.2 Å². The fourth-order valence-electron chi connectivity index (χ4n) is 3.39. The number of pyridine rings is 1. The summed E-state index contributed by atoms with van der Waals surface area (Å²) >= 11 is 7.16. The number of rotatable bonds is 6. The lowest BCUT2D eigenvalue weighted by atomic mass is 10.1. The van der Waals surface area contributed by atoms with Gasteiger partial charge >= 0.3 is 0 Å². The first-order valence-corrected chi connectivity index (χ1v) is 12.9. The van der Waals surface area contributed by atoms with E-state index < -0.39 is 10.0 Å². The maximum absolute atomic E-state index is 13.2. The molecule has 0 aliphatic rings. The molecule has 0 spiro atoms. The minimum absolute atomic E-state index is 0.0277. The lowest BCUT2D eigenvalue weighted by molar-refractivity contribution is 0.104. The molecule has 0 radical (unpaired) electrons. The Balaban J connectivity index is 1.42. The molecule has 3 N–H and O–H groups in total. The lowest BCUT2D eigenvalue weighted by Gasteiger charge is -2.07. The number of halogens is 1. The average Bonchev–Trinajstić information content (AvgIpc) is 3.20. The van der Waals surface area contributed by atoms with Crippen LogP contribution in [0.25, 0.3) is 21.5 Å². The highest BCUT2D eigenvalue weighted by molar-refractivity contribution is 7.92. The quantitative estimate of drug-likeness (QED) is 0.300. The van der Waals surface area contributed by atoms with E-state index in [0.717, 1.165) is 11.3 Å². The zero-order valence-corrected chi connectivity index (χ0v) is 20.2. The van der Waals surface area contributed by atoms with Gasteiger partial charge in [-0.3, -0.25) is 4.79 Å². The second-order valence-corrected chi connectivity index (χ2v) is 10.6. The smallest absolute Gasteiger partial charge is 0.264 e. The molecule has 0 saturated heterocycles. The summed E-state index contributed by atoms with van der Waals surface area (Å²) in [7, 11) is -3.91. The number of sulfonamides is 1. The normalized spacial score (nSPS) is 11.5. The number of nitrogens with zero attached hydrogens (tertiary/aromatic N) is 3. The van der Waals surface area contributed by atoms with E-state index in [0.29, 0.717) is 31.4 Å². The number of hydrogen-bond donors (Lipinski definition) is 2. The van der Waals surface area contributed by atoms with E-state index >= 15 is 0 Å². The van der Waals surface area contributed by atoms with Gasteiger partial charge in [-0.2, -0.15) is 0 Å². The summed E-state index contributed by atoms with van der Waals surface area (Å²) in [5.41, 5.74) is 8.55. The van der Waals surface area contributed by atoms with Crippen LogP contribution in [0.3, 0.4) is 0 Å². The summed E-state index contributed by atoms with van der Waals surface area (Å²) in [4.78, 5) is 26.5. The maximum Gasteiger partial charge on any atom is 0.264 e. The Morgan fingerprint density at radius 2 is 1.63 bits per heavy atom. The van der Waals surface area contributed by atoms with Crippen molar-refractivity contribution in [2.45, 2.75) is 4.90 Å². The van der Waals surface area contributed by atoms with Crippen molar-refractivity contribution in [3.05, 3.63) is 94.6 Å². The summed E-state index contributed by atoms with van der Waals surface area (Å²) in [6.45, 7) is 0. The summed E-state index contributed by atoms with van der Waals surface area (Å²) in [6, 6.07) is 18.1. The van der Waals surface area contributed by atoms with Gasteiger partial charge in [-0.1, -0.05) is 23.7 Å². The van der Waals surface area contributed by atoms with Crippen molar-refractivity contribution in [3.63, 3.8) is 0 Å². The van der Waals surface area contributed by atoms with Crippen molar-refractivity contribution in [2.24, 2.45) is 0 Å². The first-order chi connectivity index (χ1) is 16.8. The molecule has 3 heterocycles. The number of ketones is 1. The molecule has 0 fully saturated rings. The van der Waals surface area contributed by atoms with E-state index in [4.69, 9.17) is 17.3 Å². The van der Waals surface area contributed by atoms with Gasteiger partial charge in [0, 0.05) is 33.9 Å². The zero-order chi connectivity index (χ0) is 24.6. The summed E-state index contributed by atoms with van der Waals surface area (Å²) in [5.74, 6) is -0.363. The molecule has 35 heavy (non-hydrogen) atoms. The second-order valence-electron chi connectivity index (χ2n) is 7.43. The Hall–Kier alpha value is -3.86. The third-order valence-electron chi connectivity index (χ3n) is 5.16. The standard InChI is InChI=1S/C24H16ClN5O3S2/c25-16-6-2-14(3-7-16)19-11-10-18-20(26)22(34-23(18)29-19)21(31)15-4-8-17(9-5-15)35(32,33)30-24-27-12-1-13-28-24/h1-13H,26H2,(H,27,28,30). The van der Waals surface area contributed by atoms with Gasteiger partial charge in [0.15, 0.2) is 0 Å². The zero-order valence-electron chi connectivity index (χ0n) is 17.8.